The molecule has 1 fully saturated rings. The Morgan fingerprint density at radius 1 is 1.28 bits per heavy atom. The first kappa shape index (κ1) is 13.3. The van der Waals surface area contributed by atoms with Crippen LogP contribution in [0.4, 0.5) is 10.1 Å². The summed E-state index contributed by atoms with van der Waals surface area (Å²) in [7, 11) is 2.05. The SMILES string of the molecule is Cc1cc(N(C)CC2CCC(O)CC2)ccc1F. The van der Waals surface area contributed by atoms with Gasteiger partial charge >= 0.3 is 0 Å². The molecule has 0 spiro atoms. The van der Waals surface area contributed by atoms with Crippen molar-refractivity contribution in [1.29, 1.82) is 0 Å². The van der Waals surface area contributed by atoms with Crippen molar-refractivity contribution in [2.75, 3.05) is 18.5 Å². The Morgan fingerprint density at radius 3 is 2.56 bits per heavy atom. The molecule has 1 aliphatic carbocycles. The van der Waals surface area contributed by atoms with E-state index in [-0.39, 0.29) is 11.9 Å². The maximum absolute atomic E-state index is 13.2. The normalized spacial score (nSPS) is 24.0. The summed E-state index contributed by atoms with van der Waals surface area (Å²) in [5.74, 6) is 0.497. The summed E-state index contributed by atoms with van der Waals surface area (Å²) in [5.41, 5.74) is 1.76. The highest BCUT2D eigenvalue weighted by molar-refractivity contribution is 5.48. The Morgan fingerprint density at radius 2 is 1.94 bits per heavy atom. The van der Waals surface area contributed by atoms with Crippen molar-refractivity contribution in [3.8, 4) is 0 Å². The highest BCUT2D eigenvalue weighted by Crippen LogP contribution is 2.26. The molecule has 2 nitrogen and oxygen atoms in total. The molecule has 0 unspecified atom stereocenters. The smallest absolute Gasteiger partial charge is 0.126 e. The number of hydrogen-bond acceptors (Lipinski definition) is 2. The van der Waals surface area contributed by atoms with Gasteiger partial charge in [-0.3, -0.25) is 0 Å². The van der Waals surface area contributed by atoms with Gasteiger partial charge in [-0.2, -0.15) is 0 Å². The average molecular weight is 251 g/mol. The molecule has 1 aliphatic rings. The highest BCUT2D eigenvalue weighted by Gasteiger charge is 2.20. The average Bonchev–Trinajstić information content (AvgIpc) is 2.35. The Labute approximate surface area is 108 Å². The minimum absolute atomic E-state index is 0.0976. The zero-order valence-corrected chi connectivity index (χ0v) is 11.2. The zero-order chi connectivity index (χ0) is 13.1. The minimum atomic E-state index is -0.145. The van der Waals surface area contributed by atoms with Gasteiger partial charge in [-0.15, -0.1) is 0 Å². The van der Waals surface area contributed by atoms with E-state index >= 15 is 0 Å². The van der Waals surface area contributed by atoms with E-state index in [2.05, 4.69) is 11.9 Å². The fourth-order valence-corrected chi connectivity index (χ4v) is 2.69. The molecule has 0 atom stereocenters. The van der Waals surface area contributed by atoms with Crippen LogP contribution in [-0.2, 0) is 0 Å². The van der Waals surface area contributed by atoms with Crippen molar-refractivity contribution in [3.05, 3.63) is 29.6 Å². The van der Waals surface area contributed by atoms with E-state index < -0.39 is 0 Å². The van der Waals surface area contributed by atoms with E-state index in [1.165, 1.54) is 6.07 Å². The third kappa shape index (κ3) is 3.22. The van der Waals surface area contributed by atoms with Gasteiger partial charge in [0.1, 0.15) is 5.82 Å². The van der Waals surface area contributed by atoms with Crippen LogP contribution >= 0.6 is 0 Å². The summed E-state index contributed by atoms with van der Waals surface area (Å²) >= 11 is 0. The Kier molecular flexibility index (Phi) is 4.23. The third-order valence-corrected chi connectivity index (χ3v) is 3.93. The predicted octanol–water partition coefficient (Wildman–Crippen LogP) is 3.12. The Bertz CT molecular complexity index is 399. The maximum atomic E-state index is 13.2. The monoisotopic (exact) mass is 251 g/mol. The second-order valence-electron chi connectivity index (χ2n) is 5.49. The van der Waals surface area contributed by atoms with Gasteiger partial charge in [0.05, 0.1) is 6.10 Å². The van der Waals surface area contributed by atoms with E-state index in [0.29, 0.717) is 11.5 Å². The molecule has 2 rings (SSSR count). The first-order valence-corrected chi connectivity index (χ1v) is 6.71. The van der Waals surface area contributed by atoms with Gasteiger partial charge in [-0.1, -0.05) is 0 Å². The topological polar surface area (TPSA) is 23.5 Å². The van der Waals surface area contributed by atoms with Crippen LogP contribution in [0, 0.1) is 18.7 Å². The molecule has 3 heteroatoms. The highest BCUT2D eigenvalue weighted by atomic mass is 19.1. The first-order valence-electron chi connectivity index (χ1n) is 6.71. The molecule has 0 bridgehead atoms. The zero-order valence-electron chi connectivity index (χ0n) is 11.2. The maximum Gasteiger partial charge on any atom is 0.126 e. The fraction of sp³-hybridized carbons (Fsp3) is 0.600. The lowest BCUT2D eigenvalue weighted by Crippen LogP contribution is -2.29. The van der Waals surface area contributed by atoms with Crippen molar-refractivity contribution >= 4 is 5.69 Å². The van der Waals surface area contributed by atoms with E-state index in [4.69, 9.17) is 0 Å². The van der Waals surface area contributed by atoms with Gasteiger partial charge in [0.15, 0.2) is 0 Å². The largest absolute Gasteiger partial charge is 0.393 e. The van der Waals surface area contributed by atoms with Gasteiger partial charge in [-0.05, 0) is 62.3 Å². The number of aliphatic hydroxyl groups excluding tert-OH is 1. The number of anilines is 1. The summed E-state index contributed by atoms with van der Waals surface area (Å²) in [6.07, 6.45) is 3.92. The van der Waals surface area contributed by atoms with Crippen LogP contribution in [0.3, 0.4) is 0 Å². The summed E-state index contributed by atoms with van der Waals surface area (Å²) in [6, 6.07) is 5.26. The van der Waals surface area contributed by atoms with Crippen LogP contribution in [0.2, 0.25) is 0 Å². The molecule has 1 aromatic carbocycles. The predicted molar refractivity (Wildman–Crippen MR) is 72.4 cm³/mol. The van der Waals surface area contributed by atoms with E-state index in [1.807, 2.05) is 12.1 Å². The van der Waals surface area contributed by atoms with E-state index in [0.717, 1.165) is 37.9 Å². The van der Waals surface area contributed by atoms with Crippen molar-refractivity contribution in [2.45, 2.75) is 38.7 Å². The number of nitrogens with zero attached hydrogens (tertiary/aromatic N) is 1. The van der Waals surface area contributed by atoms with Crippen LogP contribution in [0.1, 0.15) is 31.2 Å². The summed E-state index contributed by atoms with van der Waals surface area (Å²) in [6.45, 7) is 2.78. The lowest BCUT2D eigenvalue weighted by molar-refractivity contribution is 0.110. The second kappa shape index (κ2) is 5.70. The van der Waals surface area contributed by atoms with Gasteiger partial charge < -0.3 is 10.0 Å². The molecule has 0 aromatic heterocycles. The van der Waals surface area contributed by atoms with Crippen LogP contribution in [0.5, 0.6) is 0 Å². The molecule has 1 aromatic rings. The summed E-state index contributed by atoms with van der Waals surface area (Å²) in [5, 5.41) is 9.49. The molecule has 100 valence electrons. The van der Waals surface area contributed by atoms with Crippen molar-refractivity contribution in [3.63, 3.8) is 0 Å². The molecule has 0 radical (unpaired) electrons. The number of aryl methyl sites for hydroxylation is 1. The molecule has 1 N–H and O–H groups in total. The van der Waals surface area contributed by atoms with Gasteiger partial charge in [-0.25, -0.2) is 4.39 Å². The summed E-state index contributed by atoms with van der Waals surface area (Å²) < 4.78 is 13.2. The first-order chi connectivity index (χ1) is 8.56. The number of hydrogen-bond donors (Lipinski definition) is 1. The Hall–Kier alpha value is -1.09. The molecular weight excluding hydrogens is 229 g/mol. The molecule has 0 aliphatic heterocycles. The van der Waals surface area contributed by atoms with Gasteiger partial charge in [0, 0.05) is 19.3 Å². The van der Waals surface area contributed by atoms with Crippen molar-refractivity contribution in [2.24, 2.45) is 5.92 Å². The van der Waals surface area contributed by atoms with Crippen LogP contribution in [-0.4, -0.2) is 24.8 Å². The van der Waals surface area contributed by atoms with Gasteiger partial charge in [0.2, 0.25) is 0 Å². The number of rotatable bonds is 3. The second-order valence-corrected chi connectivity index (χ2v) is 5.49. The standard InChI is InChI=1S/C15H22FNO/c1-11-9-13(5-8-15(11)16)17(2)10-12-3-6-14(18)7-4-12/h5,8-9,12,14,18H,3-4,6-7,10H2,1-2H3. The Balaban J connectivity index is 1.94. The quantitative estimate of drug-likeness (QED) is 0.892. The van der Waals surface area contributed by atoms with Crippen LogP contribution in [0.25, 0.3) is 0 Å². The van der Waals surface area contributed by atoms with Crippen molar-refractivity contribution < 1.29 is 9.50 Å². The van der Waals surface area contributed by atoms with Crippen LogP contribution < -0.4 is 4.90 Å². The number of benzene rings is 1. The van der Waals surface area contributed by atoms with Crippen molar-refractivity contribution in [1.82, 2.24) is 0 Å². The third-order valence-electron chi connectivity index (χ3n) is 3.93. The molecule has 0 amide bonds. The lowest BCUT2D eigenvalue weighted by atomic mass is 9.87. The molecule has 0 saturated heterocycles. The fourth-order valence-electron chi connectivity index (χ4n) is 2.69. The van der Waals surface area contributed by atoms with Crippen LogP contribution in [0.15, 0.2) is 18.2 Å². The molecule has 1 saturated carbocycles. The molecule has 0 heterocycles. The lowest BCUT2D eigenvalue weighted by Gasteiger charge is -2.30. The molecular formula is C15H22FNO. The number of aliphatic hydroxyl groups is 1. The van der Waals surface area contributed by atoms with E-state index in [1.54, 1.807) is 6.92 Å². The number of halogens is 1. The minimum Gasteiger partial charge on any atom is -0.393 e. The molecule has 18 heavy (non-hydrogen) atoms. The van der Waals surface area contributed by atoms with Gasteiger partial charge in [0.25, 0.3) is 0 Å². The van der Waals surface area contributed by atoms with E-state index in [9.17, 15) is 9.50 Å². The summed E-state index contributed by atoms with van der Waals surface area (Å²) in [4.78, 5) is 2.19.